The summed E-state index contributed by atoms with van der Waals surface area (Å²) in [6, 6.07) is 2.87. The van der Waals surface area contributed by atoms with Crippen LogP contribution in [0.15, 0.2) is 16.5 Å². The van der Waals surface area contributed by atoms with E-state index >= 15 is 0 Å². The fourth-order valence-electron chi connectivity index (χ4n) is 2.36. The molecule has 0 amide bonds. The van der Waals surface area contributed by atoms with Gasteiger partial charge in [-0.05, 0) is 24.1 Å². The molecule has 2 aromatic rings. The zero-order valence-electron chi connectivity index (χ0n) is 12.5. The van der Waals surface area contributed by atoms with Crippen LogP contribution in [0.5, 0.6) is 0 Å². The van der Waals surface area contributed by atoms with Gasteiger partial charge in [-0.15, -0.1) is 0 Å². The van der Waals surface area contributed by atoms with Crippen molar-refractivity contribution in [1.82, 2.24) is 0 Å². The molecule has 0 spiro atoms. The van der Waals surface area contributed by atoms with Gasteiger partial charge in [0.2, 0.25) is 0 Å². The second-order valence-corrected chi connectivity index (χ2v) is 6.64. The minimum Gasteiger partial charge on any atom is -0.458 e. The lowest BCUT2D eigenvalue weighted by Gasteiger charge is -2.15. The van der Waals surface area contributed by atoms with E-state index in [0.29, 0.717) is 23.1 Å². The van der Waals surface area contributed by atoms with Crippen LogP contribution in [0.4, 0.5) is 13.2 Å². The second kappa shape index (κ2) is 5.24. The van der Waals surface area contributed by atoms with E-state index in [2.05, 4.69) is 0 Å². The molecule has 0 bridgehead atoms. The molecule has 0 fully saturated rings. The molecule has 0 saturated heterocycles. The van der Waals surface area contributed by atoms with Gasteiger partial charge in [-0.25, -0.2) is 0 Å². The Bertz CT molecular complexity index is 663. The zero-order chi connectivity index (χ0) is 16.0. The van der Waals surface area contributed by atoms with Crippen LogP contribution in [0.1, 0.15) is 51.0 Å². The summed E-state index contributed by atoms with van der Waals surface area (Å²) in [5.74, 6) is 0.387. The number of hydrogen-bond donors (Lipinski definition) is 0. The average Bonchev–Trinajstić information content (AvgIpc) is 2.65. The number of alkyl halides is 3. The highest BCUT2D eigenvalue weighted by molar-refractivity contribution is 6.36. The summed E-state index contributed by atoms with van der Waals surface area (Å²) in [4.78, 5) is 0. The minimum absolute atomic E-state index is 0.169. The van der Waals surface area contributed by atoms with Gasteiger partial charge in [0, 0.05) is 10.8 Å². The Hall–Kier alpha value is -1.16. The van der Waals surface area contributed by atoms with Crippen molar-refractivity contribution in [3.05, 3.63) is 34.0 Å². The average molecular weight is 319 g/mol. The summed E-state index contributed by atoms with van der Waals surface area (Å²) in [5, 5.41) is 0.626. The van der Waals surface area contributed by atoms with Crippen molar-refractivity contribution in [3.8, 4) is 0 Å². The van der Waals surface area contributed by atoms with Crippen LogP contribution in [0.25, 0.3) is 11.0 Å². The molecule has 2 rings (SSSR count). The first kappa shape index (κ1) is 16.2. The van der Waals surface area contributed by atoms with E-state index in [0.717, 1.165) is 12.5 Å². The SMILES string of the molecule is CCCc1cc(C(F)(F)F)c2oc(C(C)(C)C)c(Cl)c2c1. The van der Waals surface area contributed by atoms with Crippen LogP contribution in [0, 0.1) is 0 Å². The normalized spacial score (nSPS) is 13.1. The van der Waals surface area contributed by atoms with E-state index in [1.807, 2.05) is 27.7 Å². The Balaban J connectivity index is 2.82. The van der Waals surface area contributed by atoms with Gasteiger partial charge in [0.1, 0.15) is 11.3 Å². The molecule has 0 atom stereocenters. The summed E-state index contributed by atoms with van der Waals surface area (Å²) in [7, 11) is 0. The monoisotopic (exact) mass is 318 g/mol. The van der Waals surface area contributed by atoms with Crippen molar-refractivity contribution in [2.75, 3.05) is 0 Å². The molecule has 0 unspecified atom stereocenters. The lowest BCUT2D eigenvalue weighted by molar-refractivity contribution is -0.136. The molecule has 5 heteroatoms. The van der Waals surface area contributed by atoms with E-state index in [-0.39, 0.29) is 10.6 Å². The van der Waals surface area contributed by atoms with Crippen molar-refractivity contribution >= 4 is 22.6 Å². The van der Waals surface area contributed by atoms with E-state index < -0.39 is 17.2 Å². The van der Waals surface area contributed by atoms with Gasteiger partial charge in [0.05, 0.1) is 10.6 Å². The van der Waals surface area contributed by atoms with E-state index in [1.54, 1.807) is 6.07 Å². The Morgan fingerprint density at radius 1 is 1.14 bits per heavy atom. The Labute approximate surface area is 127 Å². The van der Waals surface area contributed by atoms with Crippen molar-refractivity contribution in [2.45, 2.75) is 52.1 Å². The maximum absolute atomic E-state index is 13.3. The molecule has 1 aromatic heterocycles. The van der Waals surface area contributed by atoms with Crippen molar-refractivity contribution < 1.29 is 17.6 Å². The number of benzene rings is 1. The first-order valence-corrected chi connectivity index (χ1v) is 7.26. The van der Waals surface area contributed by atoms with Crippen molar-refractivity contribution in [1.29, 1.82) is 0 Å². The predicted molar refractivity (Wildman–Crippen MR) is 78.9 cm³/mol. The van der Waals surface area contributed by atoms with E-state index in [4.69, 9.17) is 16.0 Å². The van der Waals surface area contributed by atoms with Gasteiger partial charge in [-0.3, -0.25) is 0 Å². The van der Waals surface area contributed by atoms with Gasteiger partial charge in [-0.1, -0.05) is 45.7 Å². The predicted octanol–water partition coefficient (Wildman–Crippen LogP) is 6.36. The molecule has 1 nitrogen and oxygen atoms in total. The van der Waals surface area contributed by atoms with Gasteiger partial charge in [0.25, 0.3) is 0 Å². The number of halogens is 4. The molecule has 0 aliphatic heterocycles. The summed E-state index contributed by atoms with van der Waals surface area (Å²) in [5.41, 5.74) is -0.747. The highest BCUT2D eigenvalue weighted by Gasteiger charge is 2.36. The molecule has 1 aromatic carbocycles. The maximum atomic E-state index is 13.3. The molecule has 116 valence electrons. The third-order valence-electron chi connectivity index (χ3n) is 3.31. The second-order valence-electron chi connectivity index (χ2n) is 6.26. The van der Waals surface area contributed by atoms with Crippen LogP contribution >= 0.6 is 11.6 Å². The van der Waals surface area contributed by atoms with Crippen LogP contribution in [0.3, 0.4) is 0 Å². The molecule has 0 radical (unpaired) electrons. The van der Waals surface area contributed by atoms with E-state index in [9.17, 15) is 13.2 Å². The zero-order valence-corrected chi connectivity index (χ0v) is 13.2. The Kier molecular flexibility index (Phi) is 4.04. The smallest absolute Gasteiger partial charge is 0.420 e. The lowest BCUT2D eigenvalue weighted by atomic mass is 9.93. The third kappa shape index (κ3) is 3.05. The van der Waals surface area contributed by atoms with Crippen LogP contribution < -0.4 is 0 Å². The molecular formula is C16H18ClF3O. The summed E-state index contributed by atoms with van der Waals surface area (Å²) < 4.78 is 45.3. The van der Waals surface area contributed by atoms with E-state index in [1.165, 1.54) is 0 Å². The molecule has 1 heterocycles. The molecule has 0 aliphatic rings. The number of aryl methyl sites for hydroxylation is 1. The Morgan fingerprint density at radius 3 is 2.24 bits per heavy atom. The van der Waals surface area contributed by atoms with Crippen molar-refractivity contribution in [2.24, 2.45) is 0 Å². The third-order valence-corrected chi connectivity index (χ3v) is 3.69. The van der Waals surface area contributed by atoms with Gasteiger partial charge in [-0.2, -0.15) is 13.2 Å². The molecule has 0 saturated carbocycles. The fourth-order valence-corrected chi connectivity index (χ4v) is 2.82. The van der Waals surface area contributed by atoms with Crippen LogP contribution in [-0.4, -0.2) is 0 Å². The van der Waals surface area contributed by atoms with Crippen LogP contribution in [-0.2, 0) is 18.0 Å². The highest BCUT2D eigenvalue weighted by Crippen LogP contribution is 2.43. The van der Waals surface area contributed by atoms with Crippen LogP contribution in [0.2, 0.25) is 5.02 Å². The summed E-state index contributed by atoms with van der Waals surface area (Å²) in [6.07, 6.45) is -3.12. The molecule has 21 heavy (non-hydrogen) atoms. The topological polar surface area (TPSA) is 13.1 Å². The molecular weight excluding hydrogens is 301 g/mol. The van der Waals surface area contributed by atoms with Gasteiger partial charge >= 0.3 is 6.18 Å². The lowest BCUT2D eigenvalue weighted by Crippen LogP contribution is -2.10. The minimum atomic E-state index is -4.46. The van der Waals surface area contributed by atoms with Gasteiger partial charge in [0.15, 0.2) is 0 Å². The number of furan rings is 1. The largest absolute Gasteiger partial charge is 0.458 e. The number of hydrogen-bond acceptors (Lipinski definition) is 1. The molecule has 0 N–H and O–H groups in total. The summed E-state index contributed by atoms with van der Waals surface area (Å²) in [6.45, 7) is 7.50. The number of fused-ring (bicyclic) bond motifs is 1. The van der Waals surface area contributed by atoms with Gasteiger partial charge < -0.3 is 4.42 Å². The maximum Gasteiger partial charge on any atom is 0.420 e. The van der Waals surface area contributed by atoms with Crippen molar-refractivity contribution in [3.63, 3.8) is 0 Å². The first-order chi connectivity index (χ1) is 9.55. The quantitative estimate of drug-likeness (QED) is 0.628. The Morgan fingerprint density at radius 2 is 1.76 bits per heavy atom. The summed E-state index contributed by atoms with van der Waals surface area (Å²) >= 11 is 6.27. The first-order valence-electron chi connectivity index (χ1n) is 6.88. The molecule has 0 aliphatic carbocycles. The number of rotatable bonds is 2. The fraction of sp³-hybridized carbons (Fsp3) is 0.500. The highest BCUT2D eigenvalue weighted by atomic mass is 35.5. The standard InChI is InChI=1S/C16H18ClF3O/c1-5-6-9-7-10-12(17)14(15(2,3)4)21-13(10)11(8-9)16(18,19)20/h7-8H,5-6H2,1-4H3.